The highest BCUT2D eigenvalue weighted by atomic mass is 16.2. The van der Waals surface area contributed by atoms with Gasteiger partial charge in [0.1, 0.15) is 6.33 Å². The van der Waals surface area contributed by atoms with E-state index >= 15 is 0 Å². The van der Waals surface area contributed by atoms with Gasteiger partial charge >= 0.3 is 0 Å². The average molecular weight is 326 g/mol. The van der Waals surface area contributed by atoms with Crippen LogP contribution in [0.3, 0.4) is 0 Å². The summed E-state index contributed by atoms with van der Waals surface area (Å²) in [6.07, 6.45) is 13.2. The van der Waals surface area contributed by atoms with E-state index in [0.29, 0.717) is 6.54 Å². The van der Waals surface area contributed by atoms with Crippen LogP contribution in [0, 0.1) is 0 Å². The highest BCUT2D eigenvalue weighted by Crippen LogP contribution is 2.30. The molecular weight excluding hydrogens is 304 g/mol. The van der Waals surface area contributed by atoms with Gasteiger partial charge in [0, 0.05) is 25.5 Å². The molecule has 7 nitrogen and oxygen atoms in total. The van der Waals surface area contributed by atoms with E-state index < -0.39 is 0 Å². The Morgan fingerprint density at radius 2 is 2.00 bits per heavy atom. The summed E-state index contributed by atoms with van der Waals surface area (Å²) in [6, 6.07) is 0.174. The molecule has 0 aromatic carbocycles. The van der Waals surface area contributed by atoms with Crippen LogP contribution in [0.15, 0.2) is 31.1 Å². The van der Waals surface area contributed by atoms with E-state index in [9.17, 15) is 4.79 Å². The first-order valence-corrected chi connectivity index (χ1v) is 8.63. The van der Waals surface area contributed by atoms with Crippen LogP contribution >= 0.6 is 0 Å². The second-order valence-corrected chi connectivity index (χ2v) is 6.49. The van der Waals surface area contributed by atoms with Crippen molar-refractivity contribution in [2.45, 2.75) is 31.7 Å². The number of nitrogens with zero attached hydrogens (tertiary/aromatic N) is 6. The van der Waals surface area contributed by atoms with E-state index in [-0.39, 0.29) is 11.9 Å². The number of aromatic nitrogens is 4. The Bertz CT molecular complexity index is 695. The molecule has 0 spiro atoms. The lowest BCUT2D eigenvalue weighted by atomic mass is 10.1. The summed E-state index contributed by atoms with van der Waals surface area (Å²) in [6.45, 7) is 3.25. The van der Waals surface area contributed by atoms with E-state index in [1.165, 1.54) is 0 Å². The molecule has 0 unspecified atom stereocenters. The monoisotopic (exact) mass is 326 g/mol. The maximum atomic E-state index is 12.5. The predicted octanol–water partition coefficient (Wildman–Crippen LogP) is 1.42. The third kappa shape index (κ3) is 3.03. The fourth-order valence-electron chi connectivity index (χ4n) is 3.64. The second kappa shape index (κ2) is 6.68. The van der Waals surface area contributed by atoms with Crippen molar-refractivity contribution in [2.75, 3.05) is 26.2 Å². The van der Waals surface area contributed by atoms with Crippen LogP contribution < -0.4 is 0 Å². The maximum absolute atomic E-state index is 12.5. The minimum Gasteiger partial charge on any atom is -0.342 e. The fraction of sp³-hybridized carbons (Fsp3) is 0.529. The lowest BCUT2D eigenvalue weighted by Gasteiger charge is -2.26. The van der Waals surface area contributed by atoms with Crippen LogP contribution in [0.4, 0.5) is 0 Å². The maximum Gasteiger partial charge on any atom is 0.236 e. The van der Waals surface area contributed by atoms with E-state index in [1.807, 2.05) is 21.9 Å². The molecule has 2 fully saturated rings. The van der Waals surface area contributed by atoms with E-state index in [4.69, 9.17) is 4.98 Å². The Labute approximate surface area is 141 Å². The number of carbonyl (C=O) groups is 1. The molecule has 7 heteroatoms. The minimum absolute atomic E-state index is 0.174. The van der Waals surface area contributed by atoms with Crippen molar-refractivity contribution in [2.24, 2.45) is 0 Å². The number of hydrogen-bond acceptors (Lipinski definition) is 5. The van der Waals surface area contributed by atoms with Gasteiger partial charge in [-0.15, -0.1) is 0 Å². The largest absolute Gasteiger partial charge is 0.342 e. The highest BCUT2D eigenvalue weighted by molar-refractivity contribution is 5.78. The summed E-state index contributed by atoms with van der Waals surface area (Å²) < 4.78 is 1.85. The number of amides is 1. The van der Waals surface area contributed by atoms with Gasteiger partial charge in [0.05, 0.1) is 30.7 Å². The molecule has 1 amide bonds. The van der Waals surface area contributed by atoms with Gasteiger partial charge in [-0.3, -0.25) is 19.2 Å². The molecule has 2 aliphatic heterocycles. The van der Waals surface area contributed by atoms with Crippen molar-refractivity contribution in [1.29, 1.82) is 0 Å². The second-order valence-electron chi connectivity index (χ2n) is 6.49. The summed E-state index contributed by atoms with van der Waals surface area (Å²) in [5, 5.41) is 0. The highest BCUT2D eigenvalue weighted by Gasteiger charge is 2.30. The molecule has 4 rings (SSSR count). The summed E-state index contributed by atoms with van der Waals surface area (Å²) in [5.41, 5.74) is 0.938. The minimum atomic E-state index is 0.174. The van der Waals surface area contributed by atoms with Gasteiger partial charge in [0.2, 0.25) is 5.91 Å². The number of hydrogen-bond donors (Lipinski definition) is 0. The van der Waals surface area contributed by atoms with Crippen LogP contribution in [-0.2, 0) is 4.79 Å². The summed E-state index contributed by atoms with van der Waals surface area (Å²) in [4.78, 5) is 29.9. The lowest BCUT2D eigenvalue weighted by molar-refractivity contribution is -0.131. The van der Waals surface area contributed by atoms with Crippen molar-refractivity contribution in [3.63, 3.8) is 0 Å². The van der Waals surface area contributed by atoms with Gasteiger partial charge in [0.25, 0.3) is 0 Å². The molecule has 126 valence electrons. The van der Waals surface area contributed by atoms with Gasteiger partial charge in [-0.2, -0.15) is 0 Å². The number of rotatable bonds is 4. The quantitative estimate of drug-likeness (QED) is 0.850. The van der Waals surface area contributed by atoms with Crippen LogP contribution in [0.25, 0.3) is 5.82 Å². The number of carbonyl (C=O) groups excluding carboxylic acids is 1. The Morgan fingerprint density at radius 3 is 2.79 bits per heavy atom. The summed E-state index contributed by atoms with van der Waals surface area (Å²) in [7, 11) is 0. The van der Waals surface area contributed by atoms with Crippen molar-refractivity contribution in [1.82, 2.24) is 29.3 Å². The smallest absolute Gasteiger partial charge is 0.236 e. The van der Waals surface area contributed by atoms with Crippen molar-refractivity contribution < 1.29 is 4.79 Å². The molecular formula is C17H22N6O. The molecule has 0 radical (unpaired) electrons. The SMILES string of the molecule is O=C(CN1CCC[C@H]1c1cncc(-n2ccnc2)n1)N1CCCC1. The average Bonchev–Trinajstić information content (AvgIpc) is 3.36. The molecule has 24 heavy (non-hydrogen) atoms. The molecule has 4 heterocycles. The van der Waals surface area contributed by atoms with Crippen LogP contribution in [0.1, 0.15) is 37.4 Å². The molecule has 2 saturated heterocycles. The first kappa shape index (κ1) is 15.3. The molecule has 0 bridgehead atoms. The van der Waals surface area contributed by atoms with Crippen LogP contribution in [-0.4, -0.2) is 61.4 Å². The first-order valence-electron chi connectivity index (χ1n) is 8.63. The van der Waals surface area contributed by atoms with Crippen LogP contribution in [0.2, 0.25) is 0 Å². The topological polar surface area (TPSA) is 67.2 Å². The van der Waals surface area contributed by atoms with Gasteiger partial charge in [-0.1, -0.05) is 0 Å². The number of imidazole rings is 1. The Kier molecular flexibility index (Phi) is 4.25. The zero-order valence-electron chi connectivity index (χ0n) is 13.7. The lowest BCUT2D eigenvalue weighted by Crippen LogP contribution is -2.38. The third-order valence-electron chi connectivity index (χ3n) is 4.91. The molecule has 1 atom stereocenters. The van der Waals surface area contributed by atoms with Crippen LogP contribution in [0.5, 0.6) is 0 Å². The molecule has 2 aromatic heterocycles. The third-order valence-corrected chi connectivity index (χ3v) is 4.91. The zero-order valence-corrected chi connectivity index (χ0v) is 13.7. The van der Waals surface area contributed by atoms with Gasteiger partial charge in [-0.25, -0.2) is 9.97 Å². The standard InChI is InChI=1S/C17H22N6O/c24-17(21-6-1-2-7-21)12-22-8-3-4-15(22)14-10-19-11-16(20-14)23-9-5-18-13-23/h5,9-11,13,15H,1-4,6-8,12H2/t15-/m0/s1. The molecule has 0 saturated carbocycles. The molecule has 0 N–H and O–H groups in total. The Balaban J connectivity index is 1.50. The predicted molar refractivity (Wildman–Crippen MR) is 88.5 cm³/mol. The summed E-state index contributed by atoms with van der Waals surface area (Å²) >= 11 is 0. The first-order chi connectivity index (χ1) is 11.8. The molecule has 2 aromatic rings. The normalized spacial score (nSPS) is 21.5. The van der Waals surface area contributed by atoms with Gasteiger partial charge in [-0.05, 0) is 32.2 Å². The molecule has 0 aliphatic carbocycles. The van der Waals surface area contributed by atoms with Gasteiger partial charge < -0.3 is 4.90 Å². The van der Waals surface area contributed by atoms with E-state index in [2.05, 4.69) is 14.9 Å². The van der Waals surface area contributed by atoms with Crippen molar-refractivity contribution in [3.05, 3.63) is 36.8 Å². The Morgan fingerprint density at radius 1 is 1.12 bits per heavy atom. The Hall–Kier alpha value is -2.28. The zero-order chi connectivity index (χ0) is 16.4. The fourth-order valence-corrected chi connectivity index (χ4v) is 3.64. The van der Waals surface area contributed by atoms with Crippen molar-refractivity contribution in [3.8, 4) is 5.82 Å². The summed E-state index contributed by atoms with van der Waals surface area (Å²) in [5.74, 6) is 1.01. The van der Waals surface area contributed by atoms with E-state index in [1.54, 1.807) is 18.7 Å². The van der Waals surface area contributed by atoms with Crippen molar-refractivity contribution >= 4 is 5.91 Å². The molecule has 2 aliphatic rings. The van der Waals surface area contributed by atoms with E-state index in [0.717, 1.165) is 56.8 Å². The van der Waals surface area contributed by atoms with Gasteiger partial charge in [0.15, 0.2) is 5.82 Å². The number of likely N-dealkylation sites (tertiary alicyclic amines) is 2.